The van der Waals surface area contributed by atoms with Crippen molar-refractivity contribution in [2.45, 2.75) is 71.8 Å². The van der Waals surface area contributed by atoms with Crippen LogP contribution in [0.3, 0.4) is 0 Å². The average molecular weight is 451 g/mol. The first-order valence-corrected chi connectivity index (χ1v) is 10.5. The number of amides is 2. The number of rotatable bonds is 10. The first-order chi connectivity index (χ1) is 14.9. The number of esters is 2. The molecule has 0 aliphatic carbocycles. The maximum absolute atomic E-state index is 12.8. The molecule has 0 radical (unpaired) electrons. The molecule has 9 heteroatoms. The minimum atomic E-state index is -1.07. The van der Waals surface area contributed by atoms with Crippen LogP contribution in [0.4, 0.5) is 4.79 Å². The van der Waals surface area contributed by atoms with E-state index in [9.17, 15) is 19.2 Å². The largest absolute Gasteiger partial charge is 0.467 e. The molecule has 1 rings (SSSR count). The number of carbonyl (C=O) groups excluding carboxylic acids is 4. The fourth-order valence-corrected chi connectivity index (χ4v) is 2.73. The Hall–Kier alpha value is -3.10. The van der Waals surface area contributed by atoms with E-state index in [2.05, 4.69) is 10.6 Å². The van der Waals surface area contributed by atoms with Gasteiger partial charge in [-0.2, -0.15) is 0 Å². The number of ether oxygens (including phenoxy) is 3. The van der Waals surface area contributed by atoms with E-state index >= 15 is 0 Å². The van der Waals surface area contributed by atoms with Gasteiger partial charge < -0.3 is 24.8 Å². The van der Waals surface area contributed by atoms with Crippen molar-refractivity contribution >= 4 is 23.9 Å². The lowest BCUT2D eigenvalue weighted by Crippen LogP contribution is -2.54. The van der Waals surface area contributed by atoms with E-state index < -0.39 is 41.6 Å². The predicted octanol–water partition coefficient (Wildman–Crippen LogP) is 2.72. The first kappa shape index (κ1) is 26.9. The SMILES string of the molecule is COC(=O)[C@H](CCC(=O)OC(C)(C)C)NC(=O)[C@H](NC(=O)OCc1ccccc1)C(C)C. The van der Waals surface area contributed by atoms with E-state index in [1.165, 1.54) is 7.11 Å². The van der Waals surface area contributed by atoms with Crippen LogP contribution in [-0.4, -0.2) is 48.7 Å². The number of benzene rings is 1. The van der Waals surface area contributed by atoms with Crippen molar-refractivity contribution in [3.8, 4) is 0 Å². The molecular formula is C23H34N2O7. The molecule has 2 amide bonds. The molecule has 2 atom stereocenters. The summed E-state index contributed by atoms with van der Waals surface area (Å²) in [7, 11) is 1.19. The molecule has 32 heavy (non-hydrogen) atoms. The van der Waals surface area contributed by atoms with Crippen molar-refractivity contribution in [3.05, 3.63) is 35.9 Å². The van der Waals surface area contributed by atoms with Gasteiger partial charge in [0.1, 0.15) is 24.3 Å². The molecule has 0 unspecified atom stereocenters. The molecule has 9 nitrogen and oxygen atoms in total. The number of alkyl carbamates (subject to hydrolysis) is 1. The molecule has 0 fully saturated rings. The van der Waals surface area contributed by atoms with Crippen LogP contribution in [0.1, 0.15) is 53.0 Å². The van der Waals surface area contributed by atoms with Crippen LogP contribution in [0.5, 0.6) is 0 Å². The van der Waals surface area contributed by atoms with Gasteiger partial charge in [0, 0.05) is 6.42 Å². The fraction of sp³-hybridized carbons (Fsp3) is 0.565. The third-order valence-corrected chi connectivity index (χ3v) is 4.29. The molecule has 0 aliphatic rings. The summed E-state index contributed by atoms with van der Waals surface area (Å²) in [6.07, 6.45) is -0.849. The Kier molecular flexibility index (Phi) is 10.7. The van der Waals surface area contributed by atoms with Gasteiger partial charge in [-0.3, -0.25) is 9.59 Å². The third-order valence-electron chi connectivity index (χ3n) is 4.29. The molecule has 0 heterocycles. The zero-order chi connectivity index (χ0) is 24.3. The number of hydrogen-bond donors (Lipinski definition) is 2. The maximum atomic E-state index is 12.8. The maximum Gasteiger partial charge on any atom is 0.408 e. The molecular weight excluding hydrogens is 416 g/mol. The summed E-state index contributed by atoms with van der Waals surface area (Å²) in [6.45, 7) is 8.76. The minimum absolute atomic E-state index is 0.00338. The van der Waals surface area contributed by atoms with Gasteiger partial charge in [0.2, 0.25) is 5.91 Å². The Labute approximate surface area is 189 Å². The highest BCUT2D eigenvalue weighted by atomic mass is 16.6. The minimum Gasteiger partial charge on any atom is -0.467 e. The smallest absolute Gasteiger partial charge is 0.408 e. The van der Waals surface area contributed by atoms with E-state index in [1.54, 1.807) is 34.6 Å². The summed E-state index contributed by atoms with van der Waals surface area (Å²) in [6, 6.07) is 7.10. The Balaban J connectivity index is 2.71. The molecule has 178 valence electrons. The number of nitrogens with one attached hydrogen (secondary N) is 2. The Morgan fingerprint density at radius 2 is 1.62 bits per heavy atom. The van der Waals surface area contributed by atoms with Crippen LogP contribution in [-0.2, 0) is 35.2 Å². The molecule has 0 aromatic heterocycles. The zero-order valence-corrected chi connectivity index (χ0v) is 19.6. The van der Waals surface area contributed by atoms with Crippen LogP contribution in [0, 0.1) is 5.92 Å². The van der Waals surface area contributed by atoms with Crippen LogP contribution < -0.4 is 10.6 Å². The van der Waals surface area contributed by atoms with Gasteiger partial charge in [0.15, 0.2) is 0 Å². The second kappa shape index (κ2) is 12.7. The van der Waals surface area contributed by atoms with Crippen LogP contribution in [0.15, 0.2) is 30.3 Å². The van der Waals surface area contributed by atoms with Crippen molar-refractivity contribution in [1.29, 1.82) is 0 Å². The van der Waals surface area contributed by atoms with E-state index in [-0.39, 0.29) is 25.4 Å². The summed E-state index contributed by atoms with van der Waals surface area (Å²) < 4.78 is 15.1. The molecule has 0 bridgehead atoms. The highest BCUT2D eigenvalue weighted by molar-refractivity contribution is 5.90. The lowest BCUT2D eigenvalue weighted by Gasteiger charge is -2.25. The number of methoxy groups -OCH3 is 1. The second-order valence-corrected chi connectivity index (χ2v) is 8.64. The topological polar surface area (TPSA) is 120 Å². The molecule has 0 spiro atoms. The van der Waals surface area contributed by atoms with Gasteiger partial charge in [0.05, 0.1) is 7.11 Å². The normalized spacial score (nSPS) is 13.0. The molecule has 1 aromatic rings. The molecule has 0 aliphatic heterocycles. The first-order valence-electron chi connectivity index (χ1n) is 10.5. The quantitative estimate of drug-likeness (QED) is 0.415. The summed E-state index contributed by atoms with van der Waals surface area (Å²) in [5, 5.41) is 5.08. The van der Waals surface area contributed by atoms with Crippen molar-refractivity contribution < 1.29 is 33.4 Å². The highest BCUT2D eigenvalue weighted by Gasteiger charge is 2.30. The third kappa shape index (κ3) is 10.3. The van der Waals surface area contributed by atoms with Crippen LogP contribution in [0.25, 0.3) is 0 Å². The number of carbonyl (C=O) groups is 4. The van der Waals surface area contributed by atoms with Gasteiger partial charge in [0.25, 0.3) is 0 Å². The van der Waals surface area contributed by atoms with E-state index in [0.29, 0.717) is 0 Å². The van der Waals surface area contributed by atoms with E-state index in [0.717, 1.165) is 5.56 Å². The summed E-state index contributed by atoms with van der Waals surface area (Å²) in [4.78, 5) is 49.1. The highest BCUT2D eigenvalue weighted by Crippen LogP contribution is 2.11. The van der Waals surface area contributed by atoms with Crippen molar-refractivity contribution in [2.75, 3.05) is 7.11 Å². The lowest BCUT2D eigenvalue weighted by atomic mass is 10.0. The van der Waals surface area contributed by atoms with Gasteiger partial charge >= 0.3 is 18.0 Å². The molecule has 1 aromatic carbocycles. The average Bonchev–Trinajstić information content (AvgIpc) is 2.71. The lowest BCUT2D eigenvalue weighted by molar-refractivity contribution is -0.155. The molecule has 0 saturated heterocycles. The van der Waals surface area contributed by atoms with Crippen molar-refractivity contribution in [2.24, 2.45) is 5.92 Å². The van der Waals surface area contributed by atoms with Crippen molar-refractivity contribution in [3.63, 3.8) is 0 Å². The Morgan fingerprint density at radius 3 is 2.16 bits per heavy atom. The van der Waals surface area contributed by atoms with Crippen molar-refractivity contribution in [1.82, 2.24) is 10.6 Å². The summed E-state index contributed by atoms with van der Waals surface area (Å²) in [5.74, 6) is -2.07. The fourth-order valence-electron chi connectivity index (χ4n) is 2.73. The van der Waals surface area contributed by atoms with Gasteiger partial charge in [-0.1, -0.05) is 44.2 Å². The zero-order valence-electron chi connectivity index (χ0n) is 19.6. The van der Waals surface area contributed by atoms with Gasteiger partial charge in [-0.25, -0.2) is 9.59 Å². The second-order valence-electron chi connectivity index (χ2n) is 8.64. The molecule has 2 N–H and O–H groups in total. The summed E-state index contributed by atoms with van der Waals surface area (Å²) >= 11 is 0. The van der Waals surface area contributed by atoms with Gasteiger partial charge in [-0.15, -0.1) is 0 Å². The standard InChI is InChI=1S/C23H34N2O7/c1-15(2)19(25-22(29)31-14-16-10-8-7-9-11-16)20(27)24-17(21(28)30-6)12-13-18(26)32-23(3,4)5/h7-11,15,17,19H,12-14H2,1-6H3,(H,24,27)(H,25,29)/t17-,19+/m0/s1. The summed E-state index contributed by atoms with van der Waals surface area (Å²) in [5.41, 5.74) is 0.148. The molecule has 0 saturated carbocycles. The number of hydrogen-bond acceptors (Lipinski definition) is 7. The van der Waals surface area contributed by atoms with Crippen LogP contribution >= 0.6 is 0 Å². The monoisotopic (exact) mass is 450 g/mol. The van der Waals surface area contributed by atoms with E-state index in [4.69, 9.17) is 14.2 Å². The predicted molar refractivity (Wildman–Crippen MR) is 117 cm³/mol. The Morgan fingerprint density at radius 1 is 1.00 bits per heavy atom. The van der Waals surface area contributed by atoms with E-state index in [1.807, 2.05) is 30.3 Å². The van der Waals surface area contributed by atoms with Gasteiger partial charge in [-0.05, 0) is 38.7 Å². The Bertz CT molecular complexity index is 772. The van der Waals surface area contributed by atoms with Crippen LogP contribution in [0.2, 0.25) is 0 Å².